The van der Waals surface area contributed by atoms with Crippen molar-refractivity contribution < 1.29 is 0 Å². The molecule has 0 radical (unpaired) electrons. The first kappa shape index (κ1) is 12.9. The van der Waals surface area contributed by atoms with E-state index in [1.807, 2.05) is 17.1 Å². The zero-order chi connectivity index (χ0) is 8.10. The van der Waals surface area contributed by atoms with Crippen LogP contribution in [0, 0.1) is 0 Å². The Morgan fingerprint density at radius 2 is 2.42 bits per heavy atom. The maximum Gasteiger partial charge on any atom is 0.0782 e. The molecule has 70 valence electrons. The molecule has 0 aromatic carbocycles. The Morgan fingerprint density at radius 1 is 1.67 bits per heavy atom. The zero-order valence-corrected chi connectivity index (χ0v) is 11.3. The summed E-state index contributed by atoms with van der Waals surface area (Å²) in [4.78, 5) is 0. The number of thioether (sulfide) groups is 1. The predicted octanol–water partition coefficient (Wildman–Crippen LogP) is 2.68. The van der Waals surface area contributed by atoms with E-state index in [1.165, 1.54) is 11.5 Å². The molecule has 0 amide bonds. The predicted molar refractivity (Wildman–Crippen MR) is 65.4 cm³/mol. The van der Waals surface area contributed by atoms with Crippen molar-refractivity contribution in [2.75, 3.05) is 12.3 Å². The summed E-state index contributed by atoms with van der Waals surface area (Å²) >= 11 is 6.72. The highest BCUT2D eigenvalue weighted by Gasteiger charge is 2.01. The van der Waals surface area contributed by atoms with Crippen LogP contribution >= 0.6 is 56.2 Å². The van der Waals surface area contributed by atoms with Gasteiger partial charge in [0.25, 0.3) is 0 Å². The van der Waals surface area contributed by atoms with E-state index in [4.69, 9.17) is 5.73 Å². The third-order valence-electron chi connectivity index (χ3n) is 1.10. The van der Waals surface area contributed by atoms with Crippen molar-refractivity contribution in [3.05, 3.63) is 15.5 Å². The molecule has 0 aliphatic carbocycles. The first-order chi connectivity index (χ1) is 5.34. The van der Waals surface area contributed by atoms with Gasteiger partial charge < -0.3 is 5.73 Å². The fourth-order valence-electron chi connectivity index (χ4n) is 0.595. The lowest BCUT2D eigenvalue weighted by atomic mass is 10.5. The van der Waals surface area contributed by atoms with Gasteiger partial charge in [-0.1, -0.05) is 0 Å². The largest absolute Gasteiger partial charge is 0.330 e. The van der Waals surface area contributed by atoms with Crippen LogP contribution in [0.25, 0.3) is 0 Å². The van der Waals surface area contributed by atoms with Gasteiger partial charge in [0.05, 0.1) is 10.2 Å². The molecule has 0 aliphatic heterocycles. The van der Waals surface area contributed by atoms with E-state index < -0.39 is 0 Å². The summed E-state index contributed by atoms with van der Waals surface area (Å²) in [6, 6.07) is 0. The first-order valence-electron chi connectivity index (χ1n) is 3.21. The summed E-state index contributed by atoms with van der Waals surface area (Å²) in [6.45, 7) is 0.742. The Bertz CT molecular complexity index is 217. The molecular formula is C6H10Br2N2S2. The summed E-state index contributed by atoms with van der Waals surface area (Å²) in [6.07, 6.45) is 0. The Labute approximate surface area is 99.4 Å². The molecular weight excluding hydrogens is 324 g/mol. The zero-order valence-electron chi connectivity index (χ0n) is 6.33. The van der Waals surface area contributed by atoms with Crippen molar-refractivity contribution >= 4 is 56.2 Å². The van der Waals surface area contributed by atoms with Gasteiger partial charge in [0.1, 0.15) is 0 Å². The molecule has 0 unspecified atom stereocenters. The van der Waals surface area contributed by atoms with Crippen LogP contribution in [-0.2, 0) is 5.75 Å². The van der Waals surface area contributed by atoms with Crippen LogP contribution in [-0.4, -0.2) is 16.7 Å². The molecule has 0 saturated carbocycles. The van der Waals surface area contributed by atoms with E-state index in [-0.39, 0.29) is 17.0 Å². The summed E-state index contributed by atoms with van der Waals surface area (Å²) in [5.74, 6) is 1.96. The highest BCUT2D eigenvalue weighted by Crippen LogP contribution is 2.21. The minimum atomic E-state index is 0. The van der Waals surface area contributed by atoms with Gasteiger partial charge in [0.15, 0.2) is 0 Å². The average Bonchev–Trinajstić information content (AvgIpc) is 2.37. The monoisotopic (exact) mass is 332 g/mol. The maximum absolute atomic E-state index is 5.36. The van der Waals surface area contributed by atoms with Gasteiger partial charge in [-0.05, 0) is 27.5 Å². The van der Waals surface area contributed by atoms with Crippen LogP contribution in [0.3, 0.4) is 0 Å². The minimum Gasteiger partial charge on any atom is -0.330 e. The maximum atomic E-state index is 5.36. The number of nitrogens with two attached hydrogens (primary N) is 1. The highest BCUT2D eigenvalue weighted by molar-refractivity contribution is 9.10. The molecule has 0 saturated heterocycles. The van der Waals surface area contributed by atoms with Crippen molar-refractivity contribution in [3.63, 3.8) is 0 Å². The molecule has 0 fully saturated rings. The second kappa shape index (κ2) is 7.32. The number of hydrogen-bond donors (Lipinski definition) is 1. The molecule has 1 rings (SSSR count). The van der Waals surface area contributed by atoms with Gasteiger partial charge in [0.2, 0.25) is 0 Å². The molecule has 1 aromatic rings. The summed E-state index contributed by atoms with van der Waals surface area (Å²) in [5, 5.41) is 2.00. The lowest BCUT2D eigenvalue weighted by Gasteiger charge is -1.95. The van der Waals surface area contributed by atoms with E-state index >= 15 is 0 Å². The number of aromatic nitrogens is 1. The second-order valence-corrected chi connectivity index (χ2v) is 4.54. The Kier molecular flexibility index (Phi) is 7.87. The molecule has 1 heterocycles. The molecule has 0 aliphatic rings. The summed E-state index contributed by atoms with van der Waals surface area (Å²) < 4.78 is 5.34. The Hall–Kier alpha value is 0.900. The van der Waals surface area contributed by atoms with Crippen LogP contribution in [0.2, 0.25) is 0 Å². The van der Waals surface area contributed by atoms with Gasteiger partial charge >= 0.3 is 0 Å². The summed E-state index contributed by atoms with van der Waals surface area (Å²) in [7, 11) is 0. The topological polar surface area (TPSA) is 38.9 Å². The van der Waals surface area contributed by atoms with E-state index in [9.17, 15) is 0 Å². The third-order valence-corrected chi connectivity index (χ3v) is 3.75. The highest BCUT2D eigenvalue weighted by atomic mass is 79.9. The van der Waals surface area contributed by atoms with E-state index in [0.29, 0.717) is 0 Å². The minimum absolute atomic E-state index is 0. The number of rotatable bonds is 4. The standard InChI is InChI=1S/C6H9BrN2S2.BrH/c7-5-3-11-9-6(5)4-10-2-1-8;/h3H,1-2,4,8H2;1H. The van der Waals surface area contributed by atoms with Crippen LogP contribution in [0.15, 0.2) is 9.85 Å². The van der Waals surface area contributed by atoms with Crippen LogP contribution in [0.5, 0.6) is 0 Å². The first-order valence-corrected chi connectivity index (χ1v) is 5.99. The average molecular weight is 334 g/mol. The van der Waals surface area contributed by atoms with Gasteiger partial charge in [0, 0.05) is 23.4 Å². The second-order valence-electron chi connectivity index (χ2n) is 1.95. The molecule has 0 atom stereocenters. The van der Waals surface area contributed by atoms with Crippen LogP contribution in [0.1, 0.15) is 5.69 Å². The van der Waals surface area contributed by atoms with Crippen LogP contribution in [0.4, 0.5) is 0 Å². The Morgan fingerprint density at radius 3 is 2.92 bits per heavy atom. The Balaban J connectivity index is 0.00000121. The molecule has 0 bridgehead atoms. The molecule has 1 aromatic heterocycles. The van der Waals surface area contributed by atoms with Crippen LogP contribution < -0.4 is 5.73 Å². The number of nitrogens with zero attached hydrogens (tertiary/aromatic N) is 1. The van der Waals surface area contributed by atoms with Crippen molar-refractivity contribution in [3.8, 4) is 0 Å². The van der Waals surface area contributed by atoms with Gasteiger partial charge in [-0.3, -0.25) is 0 Å². The van der Waals surface area contributed by atoms with Gasteiger partial charge in [-0.15, -0.1) is 17.0 Å². The normalized spacial score (nSPS) is 9.50. The van der Waals surface area contributed by atoms with Gasteiger partial charge in [-0.25, -0.2) is 0 Å². The molecule has 12 heavy (non-hydrogen) atoms. The van der Waals surface area contributed by atoms with Crippen molar-refractivity contribution in [2.24, 2.45) is 5.73 Å². The molecule has 0 spiro atoms. The van der Waals surface area contributed by atoms with E-state index in [2.05, 4.69) is 20.3 Å². The SMILES string of the molecule is Br.NCCSCc1nscc1Br. The molecule has 2 N–H and O–H groups in total. The lowest BCUT2D eigenvalue weighted by molar-refractivity contribution is 1.14. The van der Waals surface area contributed by atoms with Crippen molar-refractivity contribution in [1.82, 2.24) is 4.37 Å². The quantitative estimate of drug-likeness (QED) is 0.861. The summed E-state index contributed by atoms with van der Waals surface area (Å²) in [5.41, 5.74) is 6.49. The smallest absolute Gasteiger partial charge is 0.0782 e. The lowest BCUT2D eigenvalue weighted by Crippen LogP contribution is -2.01. The fraction of sp³-hybridized carbons (Fsp3) is 0.500. The third kappa shape index (κ3) is 4.23. The number of halogens is 2. The molecule has 6 heteroatoms. The molecule has 2 nitrogen and oxygen atoms in total. The number of hydrogen-bond acceptors (Lipinski definition) is 4. The van der Waals surface area contributed by atoms with Crippen molar-refractivity contribution in [2.45, 2.75) is 5.75 Å². The fourth-order valence-corrected chi connectivity index (χ4v) is 2.76. The van der Waals surface area contributed by atoms with Gasteiger partial charge in [-0.2, -0.15) is 16.1 Å². The van der Waals surface area contributed by atoms with E-state index in [1.54, 1.807) is 0 Å². The van der Waals surface area contributed by atoms with E-state index in [0.717, 1.165) is 28.2 Å². The van der Waals surface area contributed by atoms with Crippen molar-refractivity contribution in [1.29, 1.82) is 0 Å².